The van der Waals surface area contributed by atoms with Crippen molar-refractivity contribution in [2.45, 2.75) is 20.8 Å². The molecule has 0 bridgehead atoms. The molecule has 0 saturated heterocycles. The Labute approximate surface area is 149 Å². The van der Waals surface area contributed by atoms with Crippen LogP contribution in [0.4, 0.5) is 20.2 Å². The maximum absolute atomic E-state index is 13.7. The number of ketones is 1. The predicted molar refractivity (Wildman–Crippen MR) is 93.8 cm³/mol. The maximum atomic E-state index is 13.7. The van der Waals surface area contributed by atoms with Crippen LogP contribution in [0, 0.1) is 17.0 Å². The Bertz CT molecular complexity index is 841. The topological polar surface area (TPSA) is 75.3 Å². The van der Waals surface area contributed by atoms with E-state index >= 15 is 0 Å². The van der Waals surface area contributed by atoms with Crippen LogP contribution in [-0.2, 0) is 9.59 Å². The van der Waals surface area contributed by atoms with E-state index in [4.69, 9.17) is 0 Å². The van der Waals surface area contributed by atoms with Crippen molar-refractivity contribution in [1.82, 2.24) is 0 Å². The summed E-state index contributed by atoms with van der Waals surface area (Å²) in [5, 5.41) is 4.66. The number of nitrogens with one attached hydrogen (secondary N) is 2. The van der Waals surface area contributed by atoms with Crippen molar-refractivity contribution >= 4 is 29.0 Å². The minimum Gasteiger partial charge on any atom is -0.325 e. The van der Waals surface area contributed by atoms with Gasteiger partial charge < -0.3 is 10.6 Å². The van der Waals surface area contributed by atoms with E-state index < -0.39 is 34.6 Å². The van der Waals surface area contributed by atoms with E-state index in [2.05, 4.69) is 10.6 Å². The molecule has 7 heteroatoms. The third-order valence-corrected chi connectivity index (χ3v) is 3.89. The standard InChI is InChI=1S/C19H18F2N2O3/c1-11(24)12-7-9-13(10-8-12)22-17(25)19(2,3)18(26)23-16-14(20)5-4-6-15(16)21/h4-10H,1-3H3,(H,22,25)(H,23,26). The number of hydrogen-bond acceptors (Lipinski definition) is 3. The highest BCUT2D eigenvalue weighted by Crippen LogP contribution is 2.24. The highest BCUT2D eigenvalue weighted by atomic mass is 19.1. The average molecular weight is 360 g/mol. The van der Waals surface area contributed by atoms with E-state index in [9.17, 15) is 23.2 Å². The van der Waals surface area contributed by atoms with E-state index in [0.717, 1.165) is 12.1 Å². The minimum absolute atomic E-state index is 0.116. The van der Waals surface area contributed by atoms with E-state index in [1.54, 1.807) is 12.1 Å². The molecule has 2 N–H and O–H groups in total. The number of para-hydroxylation sites is 1. The predicted octanol–water partition coefficient (Wildman–Crippen LogP) is 3.77. The van der Waals surface area contributed by atoms with Gasteiger partial charge in [-0.25, -0.2) is 8.78 Å². The number of rotatable bonds is 5. The lowest BCUT2D eigenvalue weighted by Crippen LogP contribution is -2.41. The third kappa shape index (κ3) is 4.11. The molecule has 0 atom stereocenters. The second kappa shape index (κ2) is 7.43. The van der Waals surface area contributed by atoms with Gasteiger partial charge in [0.25, 0.3) is 0 Å². The Morgan fingerprint density at radius 1 is 0.846 bits per heavy atom. The van der Waals surface area contributed by atoms with Crippen molar-refractivity contribution in [1.29, 1.82) is 0 Å². The Morgan fingerprint density at radius 2 is 1.35 bits per heavy atom. The molecule has 26 heavy (non-hydrogen) atoms. The van der Waals surface area contributed by atoms with Crippen molar-refractivity contribution in [3.63, 3.8) is 0 Å². The SMILES string of the molecule is CC(=O)c1ccc(NC(=O)C(C)(C)C(=O)Nc2c(F)cccc2F)cc1. The molecule has 0 aliphatic rings. The first-order chi connectivity index (χ1) is 12.1. The van der Waals surface area contributed by atoms with Crippen LogP contribution < -0.4 is 10.6 Å². The van der Waals surface area contributed by atoms with E-state index in [0.29, 0.717) is 11.3 Å². The summed E-state index contributed by atoms with van der Waals surface area (Å²) in [5.41, 5.74) is -1.34. The fourth-order valence-electron chi connectivity index (χ4n) is 2.07. The largest absolute Gasteiger partial charge is 0.325 e. The normalized spacial score (nSPS) is 11.0. The quantitative estimate of drug-likeness (QED) is 0.630. The molecule has 0 aliphatic heterocycles. The fourth-order valence-corrected chi connectivity index (χ4v) is 2.07. The van der Waals surface area contributed by atoms with Crippen LogP contribution >= 0.6 is 0 Å². The van der Waals surface area contributed by atoms with Crippen molar-refractivity contribution in [2.75, 3.05) is 10.6 Å². The number of carbonyl (C=O) groups excluding carboxylic acids is 3. The van der Waals surface area contributed by atoms with Crippen LogP contribution in [0.3, 0.4) is 0 Å². The van der Waals surface area contributed by atoms with Gasteiger partial charge in [0.1, 0.15) is 22.7 Å². The molecule has 0 radical (unpaired) electrons. The zero-order valence-electron chi connectivity index (χ0n) is 14.5. The molecule has 0 aromatic heterocycles. The second-order valence-corrected chi connectivity index (χ2v) is 6.26. The van der Waals surface area contributed by atoms with Gasteiger partial charge in [0, 0.05) is 11.3 Å². The molecule has 0 saturated carbocycles. The smallest absolute Gasteiger partial charge is 0.239 e. The van der Waals surface area contributed by atoms with Crippen LogP contribution in [-0.4, -0.2) is 17.6 Å². The van der Waals surface area contributed by atoms with Crippen LogP contribution in [0.15, 0.2) is 42.5 Å². The van der Waals surface area contributed by atoms with E-state index in [1.165, 1.54) is 39.0 Å². The highest BCUT2D eigenvalue weighted by Gasteiger charge is 2.37. The van der Waals surface area contributed by atoms with Gasteiger partial charge in [-0.2, -0.15) is 0 Å². The molecular formula is C19H18F2N2O3. The van der Waals surface area contributed by atoms with Crippen molar-refractivity contribution in [3.05, 3.63) is 59.7 Å². The first-order valence-corrected chi connectivity index (χ1v) is 7.81. The number of carbonyl (C=O) groups is 3. The molecule has 2 aromatic rings. The number of Topliss-reactive ketones (excluding diaryl/α,β-unsaturated/α-hetero) is 1. The summed E-state index contributed by atoms with van der Waals surface area (Å²) in [6.07, 6.45) is 0. The summed E-state index contributed by atoms with van der Waals surface area (Å²) in [6, 6.07) is 9.31. The monoisotopic (exact) mass is 360 g/mol. The Morgan fingerprint density at radius 3 is 1.85 bits per heavy atom. The van der Waals surface area contributed by atoms with Crippen LogP contribution in [0.1, 0.15) is 31.1 Å². The number of amides is 2. The molecule has 0 spiro atoms. The van der Waals surface area contributed by atoms with Gasteiger partial charge in [-0.3, -0.25) is 14.4 Å². The molecule has 5 nitrogen and oxygen atoms in total. The molecule has 0 fully saturated rings. The molecule has 0 heterocycles. The van der Waals surface area contributed by atoms with Crippen molar-refractivity contribution in [2.24, 2.45) is 5.41 Å². The van der Waals surface area contributed by atoms with Crippen LogP contribution in [0.5, 0.6) is 0 Å². The van der Waals surface area contributed by atoms with E-state index in [-0.39, 0.29) is 5.78 Å². The van der Waals surface area contributed by atoms with Gasteiger partial charge in [0.2, 0.25) is 11.8 Å². The molecule has 2 aromatic carbocycles. The zero-order chi connectivity index (χ0) is 19.5. The molecular weight excluding hydrogens is 342 g/mol. The molecule has 2 rings (SSSR count). The van der Waals surface area contributed by atoms with Gasteiger partial charge in [-0.05, 0) is 57.2 Å². The lowest BCUT2D eigenvalue weighted by Gasteiger charge is -2.23. The summed E-state index contributed by atoms with van der Waals surface area (Å²) >= 11 is 0. The first-order valence-electron chi connectivity index (χ1n) is 7.81. The van der Waals surface area contributed by atoms with Crippen LogP contribution in [0.2, 0.25) is 0 Å². The molecule has 136 valence electrons. The van der Waals surface area contributed by atoms with Crippen molar-refractivity contribution < 1.29 is 23.2 Å². The first kappa shape index (κ1) is 19.2. The Balaban J connectivity index is 2.13. The van der Waals surface area contributed by atoms with Gasteiger partial charge in [0.05, 0.1) is 0 Å². The Kier molecular flexibility index (Phi) is 5.50. The van der Waals surface area contributed by atoms with E-state index in [1.807, 2.05) is 0 Å². The molecule has 0 aliphatic carbocycles. The minimum atomic E-state index is -1.60. The van der Waals surface area contributed by atoms with Gasteiger partial charge in [-0.1, -0.05) is 6.07 Å². The summed E-state index contributed by atoms with van der Waals surface area (Å²) in [4.78, 5) is 36.0. The number of halogens is 2. The average Bonchev–Trinajstić information content (AvgIpc) is 2.58. The molecule has 2 amide bonds. The summed E-state index contributed by atoms with van der Waals surface area (Å²) < 4.78 is 27.3. The van der Waals surface area contributed by atoms with Crippen molar-refractivity contribution in [3.8, 4) is 0 Å². The number of anilines is 2. The number of hydrogen-bond donors (Lipinski definition) is 2. The molecule has 0 unspecified atom stereocenters. The number of benzene rings is 2. The van der Waals surface area contributed by atoms with Gasteiger partial charge >= 0.3 is 0 Å². The fraction of sp³-hybridized carbons (Fsp3) is 0.211. The Hall–Kier alpha value is -3.09. The highest BCUT2D eigenvalue weighted by molar-refractivity contribution is 6.14. The second-order valence-electron chi connectivity index (χ2n) is 6.26. The summed E-state index contributed by atoms with van der Waals surface area (Å²) in [7, 11) is 0. The lowest BCUT2D eigenvalue weighted by molar-refractivity contribution is -0.135. The van der Waals surface area contributed by atoms with Gasteiger partial charge in [-0.15, -0.1) is 0 Å². The lowest BCUT2D eigenvalue weighted by atomic mass is 9.90. The third-order valence-electron chi connectivity index (χ3n) is 3.89. The maximum Gasteiger partial charge on any atom is 0.239 e. The summed E-state index contributed by atoms with van der Waals surface area (Å²) in [6.45, 7) is 4.09. The summed E-state index contributed by atoms with van der Waals surface area (Å²) in [5.74, 6) is -3.51. The zero-order valence-corrected chi connectivity index (χ0v) is 14.5. The van der Waals surface area contributed by atoms with Gasteiger partial charge in [0.15, 0.2) is 5.78 Å². The van der Waals surface area contributed by atoms with Crippen LogP contribution in [0.25, 0.3) is 0 Å².